The first kappa shape index (κ1) is 21.2. The van der Waals surface area contributed by atoms with Crippen LogP contribution in [0.2, 0.25) is 0 Å². The molecule has 1 aliphatic heterocycles. The lowest BCUT2D eigenvalue weighted by Crippen LogP contribution is -2.34. The Morgan fingerprint density at radius 3 is 2.58 bits per heavy atom. The van der Waals surface area contributed by atoms with Gasteiger partial charge in [-0.3, -0.25) is 0 Å². The molecular formula is C27H26FN3O2. The second kappa shape index (κ2) is 8.35. The number of rotatable bonds is 3. The monoisotopic (exact) mass is 443 g/mol. The maximum Gasteiger partial charge on any atom is 0.322 e. The van der Waals surface area contributed by atoms with E-state index in [-0.39, 0.29) is 17.9 Å². The molecule has 1 fully saturated rings. The number of fused-ring (bicyclic) bond motifs is 1. The molecule has 2 amide bonds. The summed E-state index contributed by atoms with van der Waals surface area (Å²) in [6.07, 6.45) is 1.70. The van der Waals surface area contributed by atoms with Crippen molar-refractivity contribution in [1.82, 2.24) is 9.88 Å². The second-order valence-corrected chi connectivity index (χ2v) is 8.78. The number of likely N-dealkylation sites (tertiary alicyclic amines) is 1. The van der Waals surface area contributed by atoms with Gasteiger partial charge in [0, 0.05) is 12.2 Å². The smallest absolute Gasteiger partial charge is 0.322 e. The van der Waals surface area contributed by atoms with Crippen LogP contribution in [-0.4, -0.2) is 22.5 Å². The van der Waals surface area contributed by atoms with Crippen LogP contribution in [0.1, 0.15) is 41.5 Å². The predicted molar refractivity (Wildman–Crippen MR) is 128 cm³/mol. The molecule has 6 heteroatoms. The van der Waals surface area contributed by atoms with Crippen LogP contribution < -0.4 is 5.32 Å². The molecule has 0 saturated carbocycles. The molecule has 1 aliphatic rings. The van der Waals surface area contributed by atoms with Crippen molar-refractivity contribution in [1.29, 1.82) is 0 Å². The molecule has 1 N–H and O–H groups in total. The van der Waals surface area contributed by atoms with Gasteiger partial charge in [-0.25, -0.2) is 14.2 Å². The lowest BCUT2D eigenvalue weighted by Gasteiger charge is -2.22. The van der Waals surface area contributed by atoms with E-state index < -0.39 is 0 Å². The number of hydrogen-bond acceptors (Lipinski definition) is 3. The van der Waals surface area contributed by atoms with Crippen molar-refractivity contribution in [2.45, 2.75) is 39.7 Å². The quantitative estimate of drug-likeness (QED) is 0.374. The van der Waals surface area contributed by atoms with E-state index in [1.54, 1.807) is 17.9 Å². The molecule has 5 nitrogen and oxygen atoms in total. The van der Waals surface area contributed by atoms with Crippen molar-refractivity contribution in [3.05, 3.63) is 83.0 Å². The minimum absolute atomic E-state index is 0.148. The maximum absolute atomic E-state index is 13.7. The zero-order valence-electron chi connectivity index (χ0n) is 19.0. The average molecular weight is 444 g/mol. The van der Waals surface area contributed by atoms with Crippen LogP contribution in [0.4, 0.5) is 14.9 Å². The van der Waals surface area contributed by atoms with Gasteiger partial charge >= 0.3 is 6.03 Å². The second-order valence-electron chi connectivity index (χ2n) is 8.78. The van der Waals surface area contributed by atoms with Crippen LogP contribution in [0, 0.1) is 26.6 Å². The van der Waals surface area contributed by atoms with Gasteiger partial charge in [0.05, 0.1) is 0 Å². The van der Waals surface area contributed by atoms with Crippen molar-refractivity contribution in [3.63, 3.8) is 0 Å². The van der Waals surface area contributed by atoms with Crippen molar-refractivity contribution in [2.24, 2.45) is 0 Å². The number of amides is 2. The summed E-state index contributed by atoms with van der Waals surface area (Å²) >= 11 is 0. The Kier molecular flexibility index (Phi) is 5.36. The van der Waals surface area contributed by atoms with E-state index in [4.69, 9.17) is 9.40 Å². The lowest BCUT2D eigenvalue weighted by atomic mass is 10.0. The van der Waals surface area contributed by atoms with Crippen LogP contribution in [0.15, 0.2) is 59.0 Å². The minimum Gasteiger partial charge on any atom is -0.438 e. The van der Waals surface area contributed by atoms with Gasteiger partial charge in [0.25, 0.3) is 0 Å². The van der Waals surface area contributed by atoms with E-state index in [1.807, 2.05) is 56.3 Å². The molecular weight excluding hydrogens is 417 g/mol. The lowest BCUT2D eigenvalue weighted by molar-refractivity contribution is 0.199. The number of oxazole rings is 1. The molecule has 4 aromatic rings. The fraction of sp³-hybridized carbons (Fsp3) is 0.259. The highest BCUT2D eigenvalue weighted by molar-refractivity contribution is 5.90. The van der Waals surface area contributed by atoms with Crippen LogP contribution in [-0.2, 0) is 0 Å². The van der Waals surface area contributed by atoms with Gasteiger partial charge < -0.3 is 14.6 Å². The van der Waals surface area contributed by atoms with Gasteiger partial charge in [-0.05, 0) is 97.8 Å². The summed E-state index contributed by atoms with van der Waals surface area (Å²) in [4.78, 5) is 19.5. The Balaban J connectivity index is 1.39. The number of benzene rings is 3. The van der Waals surface area contributed by atoms with Crippen molar-refractivity contribution in [2.75, 3.05) is 11.9 Å². The molecule has 0 radical (unpaired) electrons. The summed E-state index contributed by atoms with van der Waals surface area (Å²) in [6, 6.07) is 16.4. The van der Waals surface area contributed by atoms with Gasteiger partial charge in [-0.1, -0.05) is 18.2 Å². The van der Waals surface area contributed by atoms with Gasteiger partial charge in [0.1, 0.15) is 17.4 Å². The number of carbonyl (C=O) groups excluding carboxylic acids is 1. The van der Waals surface area contributed by atoms with Gasteiger partial charge in [0.15, 0.2) is 5.58 Å². The third-order valence-corrected chi connectivity index (χ3v) is 6.45. The van der Waals surface area contributed by atoms with E-state index in [9.17, 15) is 9.18 Å². The maximum atomic E-state index is 13.7. The number of halogens is 1. The molecule has 5 rings (SSSR count). The molecule has 0 aliphatic carbocycles. The molecule has 1 saturated heterocycles. The summed E-state index contributed by atoms with van der Waals surface area (Å²) in [7, 11) is 0. The number of nitrogens with one attached hydrogen (secondary N) is 1. The summed E-state index contributed by atoms with van der Waals surface area (Å²) in [5, 5.41) is 3.01. The SMILES string of the molecule is Cc1ccc(NC(=O)N2CCCC2c2nc3cc(-c4ccc(F)c(C)c4)ccc3o2)cc1C. The Labute approximate surface area is 192 Å². The molecule has 1 atom stereocenters. The first-order valence-corrected chi connectivity index (χ1v) is 11.2. The zero-order chi connectivity index (χ0) is 23.1. The van der Waals surface area contributed by atoms with Gasteiger partial charge in [-0.2, -0.15) is 0 Å². The van der Waals surface area contributed by atoms with Crippen molar-refractivity contribution < 1.29 is 13.6 Å². The Hall–Kier alpha value is -3.67. The molecule has 1 unspecified atom stereocenters. The number of aryl methyl sites for hydroxylation is 3. The Morgan fingerprint density at radius 2 is 1.79 bits per heavy atom. The largest absolute Gasteiger partial charge is 0.438 e. The fourth-order valence-corrected chi connectivity index (χ4v) is 4.37. The molecule has 33 heavy (non-hydrogen) atoms. The molecule has 2 heterocycles. The van der Waals surface area contributed by atoms with Crippen molar-refractivity contribution in [3.8, 4) is 11.1 Å². The summed E-state index contributed by atoms with van der Waals surface area (Å²) in [5.41, 5.74) is 6.98. The van der Waals surface area contributed by atoms with E-state index >= 15 is 0 Å². The number of anilines is 1. The molecule has 1 aromatic heterocycles. The minimum atomic E-state index is -0.219. The average Bonchev–Trinajstić information content (AvgIpc) is 3.44. The predicted octanol–water partition coefficient (Wildman–Crippen LogP) is 6.93. The summed E-state index contributed by atoms with van der Waals surface area (Å²) < 4.78 is 19.7. The molecule has 0 bridgehead atoms. The standard InChI is InChI=1S/C27H26FN3O2/c1-16-6-9-21(14-17(16)2)29-27(32)31-12-4-5-24(31)26-30-23-15-20(8-11-25(23)33-26)19-7-10-22(28)18(3)13-19/h6-11,13-15,24H,4-5,12H2,1-3H3,(H,29,32). The first-order valence-electron chi connectivity index (χ1n) is 11.2. The Morgan fingerprint density at radius 1 is 1.00 bits per heavy atom. The van der Waals surface area contributed by atoms with Crippen LogP contribution >= 0.6 is 0 Å². The summed E-state index contributed by atoms with van der Waals surface area (Å²) in [6.45, 7) is 6.49. The van der Waals surface area contributed by atoms with Crippen LogP contribution in [0.5, 0.6) is 0 Å². The molecule has 0 spiro atoms. The van der Waals surface area contributed by atoms with E-state index in [2.05, 4.69) is 5.32 Å². The number of urea groups is 1. The van der Waals surface area contributed by atoms with E-state index in [0.717, 1.165) is 40.7 Å². The third-order valence-electron chi connectivity index (χ3n) is 6.45. The first-order chi connectivity index (χ1) is 15.9. The highest BCUT2D eigenvalue weighted by Crippen LogP contribution is 2.35. The van der Waals surface area contributed by atoms with E-state index in [1.165, 1.54) is 11.6 Å². The Bertz CT molecular complexity index is 1360. The van der Waals surface area contributed by atoms with E-state index in [0.29, 0.717) is 23.6 Å². The molecule has 3 aromatic carbocycles. The molecule has 168 valence electrons. The normalized spacial score (nSPS) is 15.9. The zero-order valence-corrected chi connectivity index (χ0v) is 19.0. The van der Waals surface area contributed by atoms with Gasteiger partial charge in [-0.15, -0.1) is 0 Å². The number of hydrogen-bond donors (Lipinski definition) is 1. The highest BCUT2D eigenvalue weighted by Gasteiger charge is 2.33. The third kappa shape index (κ3) is 4.09. The number of carbonyl (C=O) groups is 1. The fourth-order valence-electron chi connectivity index (χ4n) is 4.37. The van der Waals surface area contributed by atoms with Crippen LogP contribution in [0.25, 0.3) is 22.2 Å². The summed E-state index contributed by atoms with van der Waals surface area (Å²) in [5.74, 6) is 0.328. The number of nitrogens with zero attached hydrogens (tertiary/aromatic N) is 2. The van der Waals surface area contributed by atoms with Crippen LogP contribution in [0.3, 0.4) is 0 Å². The van der Waals surface area contributed by atoms with Crippen molar-refractivity contribution >= 4 is 22.8 Å². The highest BCUT2D eigenvalue weighted by atomic mass is 19.1. The van der Waals surface area contributed by atoms with Gasteiger partial charge in [0.2, 0.25) is 5.89 Å². The topological polar surface area (TPSA) is 58.4 Å². The number of aromatic nitrogens is 1.